The van der Waals surface area contributed by atoms with Gasteiger partial charge in [0.05, 0.1) is 18.8 Å². The molecule has 15 heavy (non-hydrogen) atoms. The molecule has 1 fully saturated rings. The van der Waals surface area contributed by atoms with E-state index in [0.717, 1.165) is 0 Å². The molecule has 0 saturated carbocycles. The topological polar surface area (TPSA) is 87.2 Å². The Labute approximate surface area is 86.6 Å². The summed E-state index contributed by atoms with van der Waals surface area (Å²) in [5.41, 5.74) is 0.397. The highest BCUT2D eigenvalue weighted by atomic mass is 16.5. The van der Waals surface area contributed by atoms with Crippen molar-refractivity contribution in [3.05, 3.63) is 18.0 Å². The van der Waals surface area contributed by atoms with Crippen molar-refractivity contribution in [2.24, 2.45) is 0 Å². The lowest BCUT2D eigenvalue weighted by Gasteiger charge is -2.28. The number of hydrogen-bond donors (Lipinski definition) is 3. The second-order valence-electron chi connectivity index (χ2n) is 3.48. The van der Waals surface area contributed by atoms with Gasteiger partial charge in [-0.05, 0) is 12.5 Å². The van der Waals surface area contributed by atoms with Gasteiger partial charge in [-0.3, -0.25) is 9.89 Å². The van der Waals surface area contributed by atoms with Crippen LogP contribution in [-0.2, 0) is 4.74 Å². The Hall–Kier alpha value is -1.40. The van der Waals surface area contributed by atoms with Crippen LogP contribution in [0.25, 0.3) is 0 Å². The van der Waals surface area contributed by atoms with E-state index in [0.29, 0.717) is 18.7 Å². The molecule has 1 aromatic heterocycles. The third kappa shape index (κ3) is 2.34. The van der Waals surface area contributed by atoms with Gasteiger partial charge in [-0.25, -0.2) is 0 Å². The molecule has 0 spiro atoms. The van der Waals surface area contributed by atoms with Crippen LogP contribution in [-0.4, -0.2) is 46.6 Å². The van der Waals surface area contributed by atoms with E-state index in [-0.39, 0.29) is 18.6 Å². The Balaban J connectivity index is 1.93. The summed E-state index contributed by atoms with van der Waals surface area (Å²) in [6, 6.07) is 1.34. The Morgan fingerprint density at radius 3 is 3.27 bits per heavy atom. The Morgan fingerprint density at radius 1 is 1.73 bits per heavy atom. The van der Waals surface area contributed by atoms with Crippen LogP contribution in [0.15, 0.2) is 12.3 Å². The molecule has 1 saturated heterocycles. The number of nitrogens with one attached hydrogen (secondary N) is 2. The summed E-state index contributed by atoms with van der Waals surface area (Å²) in [6.45, 7) is 0.832. The lowest BCUT2D eigenvalue weighted by atomic mass is 10.1. The van der Waals surface area contributed by atoms with Crippen LogP contribution in [0.1, 0.15) is 16.9 Å². The SMILES string of the molecule is O=C(N[C@@H]1CCOC[C@H]1O)c1ccn[nH]1. The number of aromatic nitrogens is 2. The molecule has 1 aliphatic rings. The normalized spacial score (nSPS) is 26.2. The number of amides is 1. The summed E-state index contributed by atoms with van der Waals surface area (Å²) in [7, 11) is 0. The third-order valence-electron chi connectivity index (χ3n) is 2.39. The van der Waals surface area contributed by atoms with Crippen LogP contribution in [0, 0.1) is 0 Å². The lowest BCUT2D eigenvalue weighted by Crippen LogP contribution is -2.48. The van der Waals surface area contributed by atoms with E-state index in [2.05, 4.69) is 15.5 Å². The van der Waals surface area contributed by atoms with Crippen molar-refractivity contribution in [3.8, 4) is 0 Å². The predicted octanol–water partition coefficient (Wildman–Crippen LogP) is -0.711. The highest BCUT2D eigenvalue weighted by Crippen LogP contribution is 2.08. The van der Waals surface area contributed by atoms with Crippen LogP contribution in [0.3, 0.4) is 0 Å². The van der Waals surface area contributed by atoms with Crippen molar-refractivity contribution in [1.29, 1.82) is 0 Å². The zero-order chi connectivity index (χ0) is 10.7. The second-order valence-corrected chi connectivity index (χ2v) is 3.48. The van der Waals surface area contributed by atoms with Crippen molar-refractivity contribution in [3.63, 3.8) is 0 Å². The summed E-state index contributed by atoms with van der Waals surface area (Å²) < 4.78 is 5.06. The number of aliphatic hydroxyl groups excluding tert-OH is 1. The highest BCUT2D eigenvalue weighted by Gasteiger charge is 2.25. The van der Waals surface area contributed by atoms with Crippen LogP contribution in [0.5, 0.6) is 0 Å². The van der Waals surface area contributed by atoms with Crippen molar-refractivity contribution < 1.29 is 14.6 Å². The number of carbonyl (C=O) groups excluding carboxylic acids is 1. The number of carbonyl (C=O) groups is 1. The molecule has 6 nitrogen and oxygen atoms in total. The minimum atomic E-state index is -0.634. The molecule has 2 rings (SSSR count). The van der Waals surface area contributed by atoms with Crippen molar-refractivity contribution in [1.82, 2.24) is 15.5 Å². The molecule has 0 unspecified atom stereocenters. The number of rotatable bonds is 2. The molecule has 1 aromatic rings. The monoisotopic (exact) mass is 211 g/mol. The zero-order valence-corrected chi connectivity index (χ0v) is 8.14. The van der Waals surface area contributed by atoms with Gasteiger partial charge in [0.15, 0.2) is 0 Å². The van der Waals surface area contributed by atoms with Gasteiger partial charge in [-0.15, -0.1) is 0 Å². The molecule has 0 bridgehead atoms. The van der Waals surface area contributed by atoms with E-state index >= 15 is 0 Å². The molecule has 3 N–H and O–H groups in total. The van der Waals surface area contributed by atoms with Gasteiger partial charge < -0.3 is 15.2 Å². The number of ether oxygens (including phenoxy) is 1. The van der Waals surface area contributed by atoms with E-state index in [1.54, 1.807) is 6.07 Å². The summed E-state index contributed by atoms with van der Waals surface area (Å²) >= 11 is 0. The van der Waals surface area contributed by atoms with Gasteiger partial charge in [0, 0.05) is 12.8 Å². The van der Waals surface area contributed by atoms with Gasteiger partial charge in [0.2, 0.25) is 0 Å². The van der Waals surface area contributed by atoms with Crippen LogP contribution in [0.2, 0.25) is 0 Å². The first-order chi connectivity index (χ1) is 7.27. The average molecular weight is 211 g/mol. The standard InChI is InChI=1S/C9H13N3O3/c13-8-5-15-4-2-6(8)11-9(14)7-1-3-10-12-7/h1,3,6,8,13H,2,4-5H2,(H,10,12)(H,11,14)/t6-,8-/m1/s1. The van der Waals surface area contributed by atoms with Crippen molar-refractivity contribution in [2.45, 2.75) is 18.6 Å². The summed E-state index contributed by atoms with van der Waals surface area (Å²) in [4.78, 5) is 11.6. The zero-order valence-electron chi connectivity index (χ0n) is 8.14. The van der Waals surface area contributed by atoms with E-state index in [9.17, 15) is 9.90 Å². The van der Waals surface area contributed by atoms with E-state index < -0.39 is 6.10 Å². The molecule has 6 heteroatoms. The van der Waals surface area contributed by atoms with Crippen LogP contribution < -0.4 is 5.32 Å². The molecular weight excluding hydrogens is 198 g/mol. The van der Waals surface area contributed by atoms with E-state index in [1.807, 2.05) is 0 Å². The molecule has 1 aliphatic heterocycles. The van der Waals surface area contributed by atoms with Crippen molar-refractivity contribution >= 4 is 5.91 Å². The van der Waals surface area contributed by atoms with Gasteiger partial charge in [-0.2, -0.15) is 5.10 Å². The third-order valence-corrected chi connectivity index (χ3v) is 2.39. The summed E-state index contributed by atoms with van der Waals surface area (Å²) in [5, 5.41) is 18.5. The number of aliphatic hydroxyl groups is 1. The summed E-state index contributed by atoms with van der Waals surface area (Å²) in [5.74, 6) is -0.251. The Kier molecular flexibility index (Phi) is 2.98. The number of hydrogen-bond acceptors (Lipinski definition) is 4. The van der Waals surface area contributed by atoms with E-state index in [4.69, 9.17) is 4.74 Å². The van der Waals surface area contributed by atoms with Gasteiger partial charge >= 0.3 is 0 Å². The fraction of sp³-hybridized carbons (Fsp3) is 0.556. The first-order valence-corrected chi connectivity index (χ1v) is 4.83. The molecular formula is C9H13N3O3. The fourth-order valence-electron chi connectivity index (χ4n) is 1.52. The molecule has 0 radical (unpaired) electrons. The first kappa shape index (κ1) is 10.1. The minimum Gasteiger partial charge on any atom is -0.389 e. The quantitative estimate of drug-likeness (QED) is 0.603. The first-order valence-electron chi connectivity index (χ1n) is 4.83. The predicted molar refractivity (Wildman–Crippen MR) is 51.3 cm³/mol. The number of H-pyrrole nitrogens is 1. The fourth-order valence-corrected chi connectivity index (χ4v) is 1.52. The average Bonchev–Trinajstić information content (AvgIpc) is 2.74. The van der Waals surface area contributed by atoms with Gasteiger partial charge in [0.25, 0.3) is 5.91 Å². The second kappa shape index (κ2) is 4.41. The summed E-state index contributed by atoms with van der Waals surface area (Å²) in [6.07, 6.45) is 1.50. The maximum atomic E-state index is 11.6. The lowest BCUT2D eigenvalue weighted by molar-refractivity contribution is -0.0261. The molecule has 2 atom stereocenters. The molecule has 2 heterocycles. The van der Waals surface area contributed by atoms with Gasteiger partial charge in [0.1, 0.15) is 5.69 Å². The van der Waals surface area contributed by atoms with E-state index in [1.165, 1.54) is 6.20 Å². The van der Waals surface area contributed by atoms with Crippen LogP contribution in [0.4, 0.5) is 0 Å². The highest BCUT2D eigenvalue weighted by molar-refractivity contribution is 5.92. The Morgan fingerprint density at radius 2 is 2.60 bits per heavy atom. The maximum absolute atomic E-state index is 11.6. The van der Waals surface area contributed by atoms with Gasteiger partial charge in [-0.1, -0.05) is 0 Å². The largest absolute Gasteiger partial charge is 0.389 e. The molecule has 0 aliphatic carbocycles. The molecule has 82 valence electrons. The Bertz CT molecular complexity index is 325. The van der Waals surface area contributed by atoms with Crippen LogP contribution >= 0.6 is 0 Å². The minimum absolute atomic E-state index is 0.241. The molecule has 1 amide bonds. The van der Waals surface area contributed by atoms with Crippen molar-refractivity contribution in [2.75, 3.05) is 13.2 Å². The smallest absolute Gasteiger partial charge is 0.269 e. The molecule has 0 aromatic carbocycles. The maximum Gasteiger partial charge on any atom is 0.269 e. The number of aromatic amines is 1. The number of nitrogens with zero attached hydrogens (tertiary/aromatic N) is 1.